The van der Waals surface area contributed by atoms with Crippen molar-refractivity contribution in [2.24, 2.45) is 11.8 Å². The zero-order valence-electron chi connectivity index (χ0n) is 8.12. The van der Waals surface area contributed by atoms with Crippen molar-refractivity contribution in [1.29, 1.82) is 0 Å². The molecule has 1 rings (SSSR count). The lowest BCUT2D eigenvalue weighted by molar-refractivity contribution is -0.120. The van der Waals surface area contributed by atoms with E-state index in [1.807, 2.05) is 13.8 Å². The van der Waals surface area contributed by atoms with Gasteiger partial charge in [-0.05, 0) is 11.8 Å². The van der Waals surface area contributed by atoms with Gasteiger partial charge in [0.1, 0.15) is 5.78 Å². The fraction of sp³-hybridized carbons (Fsp3) is 0.889. The van der Waals surface area contributed by atoms with Gasteiger partial charge in [0, 0.05) is 12.8 Å². The fourth-order valence-electron chi connectivity index (χ4n) is 1.65. The summed E-state index contributed by atoms with van der Waals surface area (Å²) in [6.07, 6.45) is 1.04. The summed E-state index contributed by atoms with van der Waals surface area (Å²) in [5.41, 5.74) is 0. The highest BCUT2D eigenvalue weighted by molar-refractivity contribution is 7.92. The first-order chi connectivity index (χ1) is 5.89. The average Bonchev–Trinajstić information content (AvgIpc) is 1.79. The Hall–Kier alpha value is -0.380. The zero-order chi connectivity index (χ0) is 10.1. The summed E-state index contributed by atoms with van der Waals surface area (Å²) in [4.78, 5) is 11.3. The third-order valence-corrected chi connectivity index (χ3v) is 4.09. The van der Waals surface area contributed by atoms with E-state index in [-0.39, 0.29) is 23.2 Å². The predicted molar refractivity (Wildman–Crippen MR) is 51.2 cm³/mol. The molecule has 0 radical (unpaired) electrons. The van der Waals surface area contributed by atoms with Gasteiger partial charge in [0.2, 0.25) is 0 Å². The molecule has 0 saturated carbocycles. The first-order valence-electron chi connectivity index (χ1n) is 4.61. The van der Waals surface area contributed by atoms with Crippen LogP contribution in [0.25, 0.3) is 0 Å². The molecule has 1 aliphatic heterocycles. The van der Waals surface area contributed by atoms with Crippen molar-refractivity contribution in [3.05, 3.63) is 0 Å². The van der Waals surface area contributed by atoms with Gasteiger partial charge in [0.25, 0.3) is 0 Å². The van der Waals surface area contributed by atoms with E-state index in [4.69, 9.17) is 0 Å². The second-order valence-corrected chi connectivity index (χ2v) is 6.44. The number of carbonyl (C=O) groups is 1. The summed E-state index contributed by atoms with van der Waals surface area (Å²) >= 11 is 0. The van der Waals surface area contributed by atoms with Crippen LogP contribution in [0.2, 0.25) is 0 Å². The lowest BCUT2D eigenvalue weighted by atomic mass is 9.99. The van der Waals surface area contributed by atoms with Gasteiger partial charge in [-0.1, -0.05) is 13.8 Å². The standard InChI is InChI=1S/C9H16O3S/c1-7(2)3-9(10)4-8-5-13(11,12)6-8/h7-8H,3-6H2,1-2H3. The van der Waals surface area contributed by atoms with Gasteiger partial charge < -0.3 is 0 Å². The van der Waals surface area contributed by atoms with Crippen LogP contribution in [-0.4, -0.2) is 25.7 Å². The first kappa shape index (κ1) is 10.7. The van der Waals surface area contributed by atoms with Crippen molar-refractivity contribution in [3.63, 3.8) is 0 Å². The molecular weight excluding hydrogens is 188 g/mol. The van der Waals surface area contributed by atoms with Crippen LogP contribution in [0.3, 0.4) is 0 Å². The molecule has 0 aromatic heterocycles. The van der Waals surface area contributed by atoms with E-state index in [0.717, 1.165) is 0 Å². The van der Waals surface area contributed by atoms with Crippen molar-refractivity contribution in [2.45, 2.75) is 26.7 Å². The predicted octanol–water partition coefficient (Wildman–Crippen LogP) is 1.04. The van der Waals surface area contributed by atoms with E-state index in [2.05, 4.69) is 0 Å². The Morgan fingerprint density at radius 3 is 2.31 bits per heavy atom. The number of Topliss-reactive ketones (excluding diaryl/α,β-unsaturated/α-hetero) is 1. The Balaban J connectivity index is 2.24. The van der Waals surface area contributed by atoms with Gasteiger partial charge in [0.15, 0.2) is 9.84 Å². The Morgan fingerprint density at radius 2 is 1.92 bits per heavy atom. The smallest absolute Gasteiger partial charge is 0.150 e. The van der Waals surface area contributed by atoms with E-state index >= 15 is 0 Å². The summed E-state index contributed by atoms with van der Waals surface area (Å²) < 4.78 is 21.6. The van der Waals surface area contributed by atoms with Crippen molar-refractivity contribution in [1.82, 2.24) is 0 Å². The van der Waals surface area contributed by atoms with Gasteiger partial charge in [0.05, 0.1) is 11.5 Å². The highest BCUT2D eigenvalue weighted by atomic mass is 32.2. The Morgan fingerprint density at radius 1 is 1.38 bits per heavy atom. The molecule has 0 aromatic rings. The van der Waals surface area contributed by atoms with Gasteiger partial charge in [-0.2, -0.15) is 0 Å². The number of hydrogen-bond donors (Lipinski definition) is 0. The lowest BCUT2D eigenvalue weighted by Gasteiger charge is -2.24. The monoisotopic (exact) mass is 204 g/mol. The Bertz CT molecular complexity index is 278. The van der Waals surface area contributed by atoms with Crippen LogP contribution in [0.1, 0.15) is 26.7 Å². The van der Waals surface area contributed by atoms with E-state index in [1.165, 1.54) is 0 Å². The highest BCUT2D eigenvalue weighted by Crippen LogP contribution is 2.22. The molecule has 1 fully saturated rings. The molecule has 3 nitrogen and oxygen atoms in total. The summed E-state index contributed by atoms with van der Waals surface area (Å²) in [6.45, 7) is 3.99. The third-order valence-electron chi connectivity index (χ3n) is 2.13. The number of sulfone groups is 1. The molecule has 0 spiro atoms. The maximum absolute atomic E-state index is 11.3. The largest absolute Gasteiger partial charge is 0.300 e. The van der Waals surface area contributed by atoms with Crippen LogP contribution in [0.15, 0.2) is 0 Å². The Labute approximate surface area is 79.4 Å². The minimum atomic E-state index is -2.76. The molecule has 0 amide bonds. The first-order valence-corrected chi connectivity index (χ1v) is 6.43. The molecular formula is C9H16O3S. The maximum Gasteiger partial charge on any atom is 0.150 e. The van der Waals surface area contributed by atoms with Crippen molar-refractivity contribution >= 4 is 15.6 Å². The minimum absolute atomic E-state index is 0.108. The topological polar surface area (TPSA) is 51.2 Å². The number of rotatable bonds is 4. The van der Waals surface area contributed by atoms with E-state index < -0.39 is 9.84 Å². The fourth-order valence-corrected chi connectivity index (χ4v) is 3.22. The molecule has 1 heterocycles. The van der Waals surface area contributed by atoms with Crippen molar-refractivity contribution in [2.75, 3.05) is 11.5 Å². The molecule has 13 heavy (non-hydrogen) atoms. The third kappa shape index (κ3) is 3.46. The van der Waals surface area contributed by atoms with Crippen LogP contribution in [0, 0.1) is 11.8 Å². The van der Waals surface area contributed by atoms with Crippen molar-refractivity contribution in [3.8, 4) is 0 Å². The minimum Gasteiger partial charge on any atom is -0.300 e. The van der Waals surface area contributed by atoms with E-state index in [1.54, 1.807) is 0 Å². The number of ketones is 1. The molecule has 1 saturated heterocycles. The van der Waals surface area contributed by atoms with Crippen molar-refractivity contribution < 1.29 is 13.2 Å². The zero-order valence-corrected chi connectivity index (χ0v) is 8.93. The van der Waals surface area contributed by atoms with Crippen LogP contribution >= 0.6 is 0 Å². The number of carbonyl (C=O) groups excluding carboxylic acids is 1. The summed E-state index contributed by atoms with van der Waals surface area (Å²) in [5.74, 6) is 1.13. The second kappa shape index (κ2) is 3.78. The van der Waals surface area contributed by atoms with Gasteiger partial charge in [-0.3, -0.25) is 4.79 Å². The highest BCUT2D eigenvalue weighted by Gasteiger charge is 2.34. The van der Waals surface area contributed by atoms with Crippen LogP contribution in [0.5, 0.6) is 0 Å². The summed E-state index contributed by atoms with van der Waals surface area (Å²) in [7, 11) is -2.76. The molecule has 76 valence electrons. The maximum atomic E-state index is 11.3. The molecule has 0 aromatic carbocycles. The normalized spacial score (nSPS) is 21.5. The lowest BCUT2D eigenvalue weighted by Crippen LogP contribution is -2.37. The molecule has 0 unspecified atom stereocenters. The quantitative estimate of drug-likeness (QED) is 0.687. The van der Waals surface area contributed by atoms with Crippen LogP contribution < -0.4 is 0 Å². The molecule has 4 heteroatoms. The molecule has 1 aliphatic rings. The number of hydrogen-bond acceptors (Lipinski definition) is 3. The van der Waals surface area contributed by atoms with E-state index in [0.29, 0.717) is 18.8 Å². The van der Waals surface area contributed by atoms with Gasteiger partial charge in [-0.15, -0.1) is 0 Å². The SMILES string of the molecule is CC(C)CC(=O)CC1CS(=O)(=O)C1. The molecule has 0 bridgehead atoms. The van der Waals surface area contributed by atoms with Gasteiger partial charge >= 0.3 is 0 Å². The molecule has 0 aliphatic carbocycles. The second-order valence-electron chi connectivity index (χ2n) is 4.28. The van der Waals surface area contributed by atoms with Gasteiger partial charge in [-0.25, -0.2) is 8.42 Å². The summed E-state index contributed by atoms with van der Waals surface area (Å²) in [5, 5.41) is 0. The van der Waals surface area contributed by atoms with Crippen LogP contribution in [-0.2, 0) is 14.6 Å². The molecule has 0 atom stereocenters. The van der Waals surface area contributed by atoms with Crippen LogP contribution in [0.4, 0.5) is 0 Å². The summed E-state index contributed by atoms with van der Waals surface area (Å²) in [6, 6.07) is 0. The molecule has 0 N–H and O–H groups in total. The average molecular weight is 204 g/mol. The van der Waals surface area contributed by atoms with E-state index in [9.17, 15) is 13.2 Å². The Kier molecular flexibility index (Phi) is 3.11.